The largest absolute Gasteiger partial charge is 0.310 e. The van der Waals surface area contributed by atoms with Crippen LogP contribution in [0.4, 0.5) is 0 Å². The summed E-state index contributed by atoms with van der Waals surface area (Å²) in [6.45, 7) is 1.21. The Bertz CT molecular complexity index is 205. The van der Waals surface area contributed by atoms with Crippen LogP contribution in [0, 0.1) is 5.92 Å². The van der Waals surface area contributed by atoms with Gasteiger partial charge in [0.1, 0.15) is 0 Å². The van der Waals surface area contributed by atoms with E-state index in [0.29, 0.717) is 6.04 Å². The molecule has 72 valence electrons. The van der Waals surface area contributed by atoms with Crippen molar-refractivity contribution in [2.45, 2.75) is 38.1 Å². The summed E-state index contributed by atoms with van der Waals surface area (Å²) >= 11 is 0. The third kappa shape index (κ3) is 2.70. The van der Waals surface area contributed by atoms with Crippen LogP contribution >= 0.6 is 0 Å². The lowest BCUT2D eigenvalue weighted by Crippen LogP contribution is -2.31. The van der Waals surface area contributed by atoms with Gasteiger partial charge in [-0.3, -0.25) is 0 Å². The highest BCUT2D eigenvalue weighted by molar-refractivity contribution is 5.01. The minimum Gasteiger partial charge on any atom is -0.310 e. The average molecular weight is 177 g/mol. The van der Waals surface area contributed by atoms with E-state index >= 15 is 0 Å². The van der Waals surface area contributed by atoms with Crippen molar-refractivity contribution in [3.05, 3.63) is 24.3 Å². The van der Waals surface area contributed by atoms with Gasteiger partial charge in [0.05, 0.1) is 0 Å². The van der Waals surface area contributed by atoms with Crippen molar-refractivity contribution in [3.63, 3.8) is 0 Å². The van der Waals surface area contributed by atoms with Gasteiger partial charge in [0.2, 0.25) is 0 Å². The first kappa shape index (κ1) is 9.01. The molecule has 0 aromatic heterocycles. The summed E-state index contributed by atoms with van der Waals surface area (Å²) in [5.41, 5.74) is 0. The molecule has 2 unspecified atom stereocenters. The standard InChI is InChI=1S/C12H19N/c1-2-6-11(7-3-1)10-13-12-8-4-5-9-12/h1-2,4,8,11-13H,3,5-7,9-10H2. The Balaban J connectivity index is 1.66. The molecule has 0 amide bonds. The van der Waals surface area contributed by atoms with E-state index in [2.05, 4.69) is 29.6 Å². The molecule has 2 atom stereocenters. The molecule has 2 aliphatic rings. The van der Waals surface area contributed by atoms with Crippen LogP contribution in [-0.4, -0.2) is 12.6 Å². The fraction of sp³-hybridized carbons (Fsp3) is 0.667. The second kappa shape index (κ2) is 4.61. The van der Waals surface area contributed by atoms with E-state index in [-0.39, 0.29) is 0 Å². The number of allylic oxidation sites excluding steroid dienone is 3. The van der Waals surface area contributed by atoms with Gasteiger partial charge in [-0.15, -0.1) is 0 Å². The van der Waals surface area contributed by atoms with Gasteiger partial charge in [0, 0.05) is 6.04 Å². The molecular weight excluding hydrogens is 158 g/mol. The Morgan fingerprint density at radius 3 is 2.69 bits per heavy atom. The van der Waals surface area contributed by atoms with Crippen molar-refractivity contribution in [3.8, 4) is 0 Å². The predicted octanol–water partition coefficient (Wildman–Crippen LogP) is 2.65. The lowest BCUT2D eigenvalue weighted by atomic mass is 9.94. The molecular formula is C12H19N. The van der Waals surface area contributed by atoms with Crippen molar-refractivity contribution in [2.75, 3.05) is 6.54 Å². The molecule has 0 heterocycles. The monoisotopic (exact) mass is 177 g/mol. The predicted molar refractivity (Wildman–Crippen MR) is 56.6 cm³/mol. The van der Waals surface area contributed by atoms with E-state index < -0.39 is 0 Å². The SMILES string of the molecule is C1=CCC(CNC2C=CCC2)CC1. The van der Waals surface area contributed by atoms with E-state index in [9.17, 15) is 0 Å². The first-order chi connectivity index (χ1) is 6.45. The zero-order valence-electron chi connectivity index (χ0n) is 8.21. The van der Waals surface area contributed by atoms with Crippen molar-refractivity contribution >= 4 is 0 Å². The number of rotatable bonds is 3. The maximum absolute atomic E-state index is 3.63. The summed E-state index contributed by atoms with van der Waals surface area (Å²) in [6.07, 6.45) is 15.8. The van der Waals surface area contributed by atoms with Gasteiger partial charge in [-0.05, 0) is 44.6 Å². The maximum atomic E-state index is 3.63. The third-order valence-corrected chi connectivity index (χ3v) is 3.06. The molecule has 0 saturated heterocycles. The summed E-state index contributed by atoms with van der Waals surface area (Å²) in [5, 5.41) is 3.63. The van der Waals surface area contributed by atoms with Crippen molar-refractivity contribution < 1.29 is 0 Å². The van der Waals surface area contributed by atoms with Crippen LogP contribution in [0.25, 0.3) is 0 Å². The molecule has 0 aliphatic heterocycles. The molecule has 0 radical (unpaired) electrons. The van der Waals surface area contributed by atoms with E-state index in [0.717, 1.165) is 5.92 Å². The lowest BCUT2D eigenvalue weighted by Gasteiger charge is -2.20. The van der Waals surface area contributed by atoms with Crippen molar-refractivity contribution in [1.29, 1.82) is 0 Å². The topological polar surface area (TPSA) is 12.0 Å². The van der Waals surface area contributed by atoms with Crippen LogP contribution in [0.3, 0.4) is 0 Å². The average Bonchev–Trinajstić information content (AvgIpc) is 2.69. The Morgan fingerprint density at radius 1 is 1.08 bits per heavy atom. The van der Waals surface area contributed by atoms with E-state index in [1.165, 1.54) is 38.6 Å². The fourth-order valence-corrected chi connectivity index (χ4v) is 2.16. The van der Waals surface area contributed by atoms with Crippen LogP contribution in [0.1, 0.15) is 32.1 Å². The summed E-state index contributed by atoms with van der Waals surface area (Å²) < 4.78 is 0. The summed E-state index contributed by atoms with van der Waals surface area (Å²) in [5.74, 6) is 0.888. The highest BCUT2D eigenvalue weighted by Crippen LogP contribution is 2.18. The van der Waals surface area contributed by atoms with Gasteiger partial charge >= 0.3 is 0 Å². The molecule has 0 aromatic rings. The molecule has 1 heteroatoms. The smallest absolute Gasteiger partial charge is 0.0253 e. The molecule has 0 aromatic carbocycles. The minimum absolute atomic E-state index is 0.672. The third-order valence-electron chi connectivity index (χ3n) is 3.06. The van der Waals surface area contributed by atoms with Gasteiger partial charge in [0.15, 0.2) is 0 Å². The molecule has 0 spiro atoms. The highest BCUT2D eigenvalue weighted by atomic mass is 14.9. The second-order valence-electron chi connectivity index (χ2n) is 4.17. The van der Waals surface area contributed by atoms with E-state index in [4.69, 9.17) is 0 Å². The molecule has 2 aliphatic carbocycles. The highest BCUT2D eigenvalue weighted by Gasteiger charge is 2.13. The second-order valence-corrected chi connectivity index (χ2v) is 4.17. The fourth-order valence-electron chi connectivity index (χ4n) is 2.16. The van der Waals surface area contributed by atoms with Gasteiger partial charge in [0.25, 0.3) is 0 Å². The van der Waals surface area contributed by atoms with Gasteiger partial charge < -0.3 is 5.32 Å². The zero-order chi connectivity index (χ0) is 8.93. The first-order valence-corrected chi connectivity index (χ1v) is 5.50. The number of hydrogen-bond acceptors (Lipinski definition) is 1. The molecule has 2 rings (SSSR count). The van der Waals surface area contributed by atoms with Crippen LogP contribution in [0.2, 0.25) is 0 Å². The number of nitrogens with one attached hydrogen (secondary N) is 1. The summed E-state index contributed by atoms with van der Waals surface area (Å²) in [6, 6.07) is 0.672. The van der Waals surface area contributed by atoms with E-state index in [1.807, 2.05) is 0 Å². The maximum Gasteiger partial charge on any atom is 0.0253 e. The minimum atomic E-state index is 0.672. The van der Waals surface area contributed by atoms with Gasteiger partial charge in [-0.1, -0.05) is 24.3 Å². The van der Waals surface area contributed by atoms with Gasteiger partial charge in [-0.2, -0.15) is 0 Å². The van der Waals surface area contributed by atoms with Crippen molar-refractivity contribution in [2.24, 2.45) is 5.92 Å². The van der Waals surface area contributed by atoms with Crippen LogP contribution in [0.15, 0.2) is 24.3 Å². The Hall–Kier alpha value is -0.560. The Labute approximate surface area is 80.9 Å². The molecule has 0 bridgehead atoms. The molecule has 13 heavy (non-hydrogen) atoms. The van der Waals surface area contributed by atoms with Crippen LogP contribution in [-0.2, 0) is 0 Å². The quantitative estimate of drug-likeness (QED) is 0.653. The summed E-state index contributed by atoms with van der Waals surface area (Å²) in [7, 11) is 0. The molecule has 0 saturated carbocycles. The first-order valence-electron chi connectivity index (χ1n) is 5.50. The zero-order valence-corrected chi connectivity index (χ0v) is 8.21. The van der Waals surface area contributed by atoms with Crippen LogP contribution < -0.4 is 5.32 Å². The van der Waals surface area contributed by atoms with Crippen LogP contribution in [0.5, 0.6) is 0 Å². The molecule has 0 fully saturated rings. The Kier molecular flexibility index (Phi) is 3.20. The van der Waals surface area contributed by atoms with E-state index in [1.54, 1.807) is 0 Å². The number of hydrogen-bond donors (Lipinski definition) is 1. The summed E-state index contributed by atoms with van der Waals surface area (Å²) in [4.78, 5) is 0. The van der Waals surface area contributed by atoms with Gasteiger partial charge in [-0.25, -0.2) is 0 Å². The lowest BCUT2D eigenvalue weighted by molar-refractivity contribution is 0.421. The molecule has 1 N–H and O–H groups in total. The normalized spacial score (nSPS) is 32.6. The Morgan fingerprint density at radius 2 is 2.00 bits per heavy atom. The molecule has 1 nitrogen and oxygen atoms in total. The van der Waals surface area contributed by atoms with Crippen molar-refractivity contribution in [1.82, 2.24) is 5.32 Å².